The first-order valence-corrected chi connectivity index (χ1v) is 6.84. The van der Waals surface area contributed by atoms with Gasteiger partial charge >= 0.3 is 0 Å². The third-order valence-corrected chi connectivity index (χ3v) is 3.94. The summed E-state index contributed by atoms with van der Waals surface area (Å²) in [5, 5.41) is 0. The maximum absolute atomic E-state index is 7.17. The highest BCUT2D eigenvalue weighted by molar-refractivity contribution is 5.63. The predicted octanol–water partition coefficient (Wildman–Crippen LogP) is 2.59. The summed E-state index contributed by atoms with van der Waals surface area (Å²) < 4.78 is 16.7. The number of piperidine rings is 1. The molecule has 20 heavy (non-hydrogen) atoms. The van der Waals surface area contributed by atoms with E-state index in [0.717, 1.165) is 37.4 Å². The van der Waals surface area contributed by atoms with Crippen LogP contribution in [0.15, 0.2) is 18.2 Å². The van der Waals surface area contributed by atoms with E-state index in [-0.39, 0.29) is 5.79 Å². The first kappa shape index (κ1) is 13.2. The Hall–Kier alpha value is -1.77. The van der Waals surface area contributed by atoms with E-state index in [4.69, 9.17) is 20.8 Å². The van der Waals surface area contributed by atoms with E-state index < -0.39 is 0 Å². The average molecular weight is 274 g/mol. The monoisotopic (exact) mass is 274 g/mol. The van der Waals surface area contributed by atoms with Crippen molar-refractivity contribution in [2.24, 2.45) is 0 Å². The van der Waals surface area contributed by atoms with Crippen LogP contribution in [0, 0.1) is 6.57 Å². The molecule has 3 rings (SSSR count). The van der Waals surface area contributed by atoms with Crippen LogP contribution in [0.2, 0.25) is 0 Å². The van der Waals surface area contributed by atoms with Gasteiger partial charge < -0.3 is 19.1 Å². The van der Waals surface area contributed by atoms with Crippen LogP contribution in [-0.2, 0) is 9.47 Å². The Balaban J connectivity index is 1.76. The molecule has 2 fully saturated rings. The van der Waals surface area contributed by atoms with Crippen LogP contribution < -0.4 is 9.64 Å². The number of nitrogens with zero attached hydrogens (tertiary/aromatic N) is 2. The van der Waals surface area contributed by atoms with Gasteiger partial charge in [-0.15, -0.1) is 0 Å². The van der Waals surface area contributed by atoms with Crippen molar-refractivity contribution in [3.63, 3.8) is 0 Å². The topological polar surface area (TPSA) is 35.3 Å². The molecule has 0 N–H and O–H groups in total. The maximum Gasteiger partial charge on any atom is 0.192 e. The van der Waals surface area contributed by atoms with E-state index in [1.54, 1.807) is 13.2 Å². The van der Waals surface area contributed by atoms with Gasteiger partial charge in [-0.2, -0.15) is 0 Å². The van der Waals surface area contributed by atoms with Gasteiger partial charge in [-0.3, -0.25) is 0 Å². The molecule has 2 heterocycles. The zero-order chi connectivity index (χ0) is 14.0. The van der Waals surface area contributed by atoms with Gasteiger partial charge in [0.1, 0.15) is 5.75 Å². The molecule has 0 radical (unpaired) electrons. The van der Waals surface area contributed by atoms with Crippen LogP contribution in [0.5, 0.6) is 5.75 Å². The first-order chi connectivity index (χ1) is 9.74. The first-order valence-electron chi connectivity index (χ1n) is 6.84. The van der Waals surface area contributed by atoms with Gasteiger partial charge in [0.05, 0.1) is 26.9 Å². The second kappa shape index (κ2) is 5.31. The van der Waals surface area contributed by atoms with Gasteiger partial charge in [-0.25, -0.2) is 4.85 Å². The molecule has 2 saturated heterocycles. The van der Waals surface area contributed by atoms with Gasteiger partial charge in [0.25, 0.3) is 0 Å². The summed E-state index contributed by atoms with van der Waals surface area (Å²) in [5.74, 6) is 0.361. The maximum atomic E-state index is 7.17. The molecular weight excluding hydrogens is 256 g/mol. The molecule has 2 aliphatic rings. The smallest absolute Gasteiger partial charge is 0.192 e. The normalized spacial score (nSPS) is 20.9. The fourth-order valence-electron chi connectivity index (χ4n) is 2.82. The second-order valence-corrected chi connectivity index (χ2v) is 5.10. The second-order valence-electron chi connectivity index (χ2n) is 5.10. The molecule has 0 amide bonds. The van der Waals surface area contributed by atoms with Crippen LogP contribution in [0.3, 0.4) is 0 Å². The van der Waals surface area contributed by atoms with Gasteiger partial charge in [0.2, 0.25) is 0 Å². The molecule has 0 saturated carbocycles. The van der Waals surface area contributed by atoms with E-state index in [9.17, 15) is 0 Å². The van der Waals surface area contributed by atoms with Gasteiger partial charge in [-0.1, -0.05) is 0 Å². The Morgan fingerprint density at radius 3 is 2.50 bits per heavy atom. The standard InChI is InChI=1S/C15H18N2O3/c1-16-12-9-13(11-14(10-12)18-2)17-5-3-15(4-6-17)19-7-8-20-15/h9-11H,3-8H2,2H3. The van der Waals surface area contributed by atoms with Crippen LogP contribution in [0.1, 0.15) is 12.8 Å². The molecule has 1 aromatic carbocycles. The molecule has 0 atom stereocenters. The van der Waals surface area contributed by atoms with Crippen LogP contribution >= 0.6 is 0 Å². The Kier molecular flexibility index (Phi) is 3.51. The molecule has 106 valence electrons. The fraction of sp³-hybridized carbons (Fsp3) is 0.533. The molecule has 2 aliphatic heterocycles. The summed E-state index contributed by atoms with van der Waals surface area (Å²) in [6.07, 6.45) is 1.72. The lowest BCUT2D eigenvalue weighted by Crippen LogP contribution is -2.45. The third-order valence-electron chi connectivity index (χ3n) is 3.94. The minimum atomic E-state index is -0.363. The third kappa shape index (κ3) is 2.45. The minimum Gasteiger partial charge on any atom is -0.498 e. The molecule has 1 spiro atoms. The van der Waals surface area contributed by atoms with Gasteiger partial charge in [0, 0.05) is 37.7 Å². The summed E-state index contributed by atoms with van der Waals surface area (Å²) in [6, 6.07) is 5.64. The van der Waals surface area contributed by atoms with Gasteiger partial charge in [-0.05, 0) is 12.1 Å². The van der Waals surface area contributed by atoms with Crippen molar-refractivity contribution in [3.05, 3.63) is 29.6 Å². The molecule has 0 aromatic heterocycles. The highest BCUT2D eigenvalue weighted by Crippen LogP contribution is 2.35. The lowest BCUT2D eigenvalue weighted by Gasteiger charge is -2.38. The Bertz CT molecular complexity index is 522. The molecular formula is C15H18N2O3. The number of ether oxygens (including phenoxy) is 3. The van der Waals surface area contributed by atoms with E-state index in [2.05, 4.69) is 9.74 Å². The minimum absolute atomic E-state index is 0.363. The molecule has 0 aliphatic carbocycles. The molecule has 5 nitrogen and oxygen atoms in total. The molecule has 0 unspecified atom stereocenters. The number of methoxy groups -OCH3 is 1. The number of benzene rings is 1. The Labute approximate surface area is 118 Å². The lowest BCUT2D eigenvalue weighted by molar-refractivity contribution is -0.169. The van der Waals surface area contributed by atoms with Crippen molar-refractivity contribution in [1.29, 1.82) is 0 Å². The Morgan fingerprint density at radius 2 is 1.90 bits per heavy atom. The average Bonchev–Trinajstić information content (AvgIpc) is 2.95. The van der Waals surface area contributed by atoms with Crippen LogP contribution in [0.25, 0.3) is 4.85 Å². The highest BCUT2D eigenvalue weighted by Gasteiger charge is 2.39. The number of hydrogen-bond acceptors (Lipinski definition) is 4. The van der Waals surface area contributed by atoms with Crippen molar-refractivity contribution in [2.75, 3.05) is 38.3 Å². The van der Waals surface area contributed by atoms with Crippen molar-refractivity contribution in [3.8, 4) is 5.75 Å². The summed E-state index contributed by atoms with van der Waals surface area (Å²) in [6.45, 7) is 10.3. The summed E-state index contributed by atoms with van der Waals surface area (Å²) in [5.41, 5.74) is 1.64. The summed E-state index contributed by atoms with van der Waals surface area (Å²) in [7, 11) is 1.62. The van der Waals surface area contributed by atoms with Crippen molar-refractivity contribution in [2.45, 2.75) is 18.6 Å². The zero-order valence-electron chi connectivity index (χ0n) is 11.6. The SMILES string of the molecule is [C-]#[N+]c1cc(OC)cc(N2CCC3(CC2)OCCO3)c1. The molecule has 1 aromatic rings. The van der Waals surface area contributed by atoms with Gasteiger partial charge in [0.15, 0.2) is 11.5 Å². The van der Waals surface area contributed by atoms with Crippen molar-refractivity contribution < 1.29 is 14.2 Å². The van der Waals surface area contributed by atoms with Crippen molar-refractivity contribution in [1.82, 2.24) is 0 Å². The quantitative estimate of drug-likeness (QED) is 0.777. The summed E-state index contributed by atoms with van der Waals surface area (Å²) >= 11 is 0. The zero-order valence-corrected chi connectivity index (χ0v) is 11.6. The summed E-state index contributed by atoms with van der Waals surface area (Å²) in [4.78, 5) is 5.76. The Morgan fingerprint density at radius 1 is 1.20 bits per heavy atom. The number of rotatable bonds is 2. The number of hydrogen-bond donors (Lipinski definition) is 0. The van der Waals surface area contributed by atoms with Crippen LogP contribution in [-0.4, -0.2) is 39.2 Å². The van der Waals surface area contributed by atoms with E-state index in [1.165, 1.54) is 0 Å². The number of anilines is 1. The lowest BCUT2D eigenvalue weighted by atomic mass is 10.0. The van der Waals surface area contributed by atoms with E-state index >= 15 is 0 Å². The van der Waals surface area contributed by atoms with E-state index in [1.807, 2.05) is 12.1 Å². The predicted molar refractivity (Wildman–Crippen MR) is 75.3 cm³/mol. The van der Waals surface area contributed by atoms with Crippen molar-refractivity contribution >= 4 is 11.4 Å². The largest absolute Gasteiger partial charge is 0.498 e. The molecule has 5 heteroatoms. The highest BCUT2D eigenvalue weighted by atomic mass is 16.7. The molecule has 0 bridgehead atoms. The fourth-order valence-corrected chi connectivity index (χ4v) is 2.82. The van der Waals surface area contributed by atoms with E-state index in [0.29, 0.717) is 18.9 Å². The van der Waals surface area contributed by atoms with Crippen LogP contribution in [0.4, 0.5) is 11.4 Å².